The first-order valence-corrected chi connectivity index (χ1v) is 7.42. The number of hydrogen-bond acceptors (Lipinski definition) is 2. The third kappa shape index (κ3) is 2.89. The van der Waals surface area contributed by atoms with E-state index >= 15 is 0 Å². The van der Waals surface area contributed by atoms with Crippen LogP contribution in [0.5, 0.6) is 5.75 Å². The van der Waals surface area contributed by atoms with E-state index in [0.717, 1.165) is 22.8 Å². The van der Waals surface area contributed by atoms with Gasteiger partial charge in [-0.15, -0.1) is 0 Å². The summed E-state index contributed by atoms with van der Waals surface area (Å²) in [7, 11) is 2.00. The van der Waals surface area contributed by atoms with Gasteiger partial charge in [0.05, 0.1) is 5.69 Å². The van der Waals surface area contributed by atoms with Gasteiger partial charge in [-0.05, 0) is 31.0 Å². The number of benzene rings is 2. The van der Waals surface area contributed by atoms with Crippen LogP contribution in [-0.4, -0.2) is 9.55 Å². The lowest BCUT2D eigenvalue weighted by Crippen LogP contribution is -2.04. The summed E-state index contributed by atoms with van der Waals surface area (Å²) in [5, 5.41) is 0. The molecule has 22 heavy (non-hydrogen) atoms. The second-order valence-electron chi connectivity index (χ2n) is 5.51. The Morgan fingerprint density at radius 3 is 2.55 bits per heavy atom. The Bertz CT molecular complexity index is 775. The van der Waals surface area contributed by atoms with Crippen molar-refractivity contribution >= 4 is 0 Å². The van der Waals surface area contributed by atoms with Crippen LogP contribution in [0.4, 0.5) is 0 Å². The second-order valence-corrected chi connectivity index (χ2v) is 5.51. The molecule has 0 bridgehead atoms. The molecule has 0 aliphatic carbocycles. The molecule has 3 nitrogen and oxygen atoms in total. The number of ether oxygens (including phenoxy) is 1. The van der Waals surface area contributed by atoms with Gasteiger partial charge in [0.1, 0.15) is 18.2 Å². The molecule has 0 saturated heterocycles. The minimum atomic E-state index is 0.466. The molecular formula is C19H20N2O. The zero-order chi connectivity index (χ0) is 15.5. The maximum atomic E-state index is 5.95. The third-order valence-corrected chi connectivity index (χ3v) is 3.95. The maximum Gasteiger partial charge on any atom is 0.147 e. The van der Waals surface area contributed by atoms with Crippen LogP contribution in [0.25, 0.3) is 11.3 Å². The Balaban J connectivity index is 1.79. The van der Waals surface area contributed by atoms with Crippen molar-refractivity contribution in [3.63, 3.8) is 0 Å². The van der Waals surface area contributed by atoms with Gasteiger partial charge in [-0.1, -0.05) is 42.5 Å². The second kappa shape index (κ2) is 6.06. The quantitative estimate of drug-likeness (QED) is 0.717. The molecule has 2 aromatic carbocycles. The average Bonchev–Trinajstić information content (AvgIpc) is 2.91. The van der Waals surface area contributed by atoms with Crippen molar-refractivity contribution in [3.8, 4) is 17.0 Å². The Kier molecular flexibility index (Phi) is 3.96. The lowest BCUT2D eigenvalue weighted by atomic mass is 10.1. The van der Waals surface area contributed by atoms with E-state index in [0.29, 0.717) is 6.61 Å². The fourth-order valence-electron chi connectivity index (χ4n) is 2.41. The molecule has 0 aliphatic heterocycles. The Morgan fingerprint density at radius 2 is 1.77 bits per heavy atom. The normalized spacial score (nSPS) is 10.7. The number of aryl methyl sites for hydroxylation is 2. The van der Waals surface area contributed by atoms with Gasteiger partial charge in [0, 0.05) is 18.8 Å². The summed E-state index contributed by atoms with van der Waals surface area (Å²) in [4.78, 5) is 4.69. The largest absolute Gasteiger partial charge is 0.485 e. The Labute approximate surface area is 131 Å². The van der Waals surface area contributed by atoms with Gasteiger partial charge in [0.15, 0.2) is 0 Å². The first-order chi connectivity index (χ1) is 10.6. The summed E-state index contributed by atoms with van der Waals surface area (Å²) in [6.45, 7) is 4.64. The molecular weight excluding hydrogens is 272 g/mol. The van der Waals surface area contributed by atoms with Crippen molar-refractivity contribution in [2.24, 2.45) is 7.05 Å². The summed E-state index contributed by atoms with van der Waals surface area (Å²) in [5.41, 5.74) is 4.51. The molecule has 0 saturated carbocycles. The summed E-state index contributed by atoms with van der Waals surface area (Å²) in [6, 6.07) is 16.3. The lowest BCUT2D eigenvalue weighted by Gasteiger charge is -2.10. The number of aromatic nitrogens is 2. The van der Waals surface area contributed by atoms with Crippen molar-refractivity contribution in [1.82, 2.24) is 9.55 Å². The number of imidazole rings is 1. The van der Waals surface area contributed by atoms with E-state index in [1.807, 2.05) is 48.1 Å². The number of rotatable bonds is 4. The fourth-order valence-corrected chi connectivity index (χ4v) is 2.41. The van der Waals surface area contributed by atoms with Crippen molar-refractivity contribution in [2.75, 3.05) is 0 Å². The van der Waals surface area contributed by atoms with Crippen LogP contribution in [0.1, 0.15) is 17.0 Å². The molecule has 0 unspecified atom stereocenters. The van der Waals surface area contributed by atoms with Gasteiger partial charge >= 0.3 is 0 Å². The average molecular weight is 292 g/mol. The van der Waals surface area contributed by atoms with Gasteiger partial charge in [-0.25, -0.2) is 4.98 Å². The molecule has 0 spiro atoms. The van der Waals surface area contributed by atoms with E-state index in [4.69, 9.17) is 4.74 Å². The van der Waals surface area contributed by atoms with Crippen LogP contribution in [0, 0.1) is 13.8 Å². The van der Waals surface area contributed by atoms with Crippen molar-refractivity contribution in [2.45, 2.75) is 20.5 Å². The van der Waals surface area contributed by atoms with Crippen LogP contribution >= 0.6 is 0 Å². The molecule has 0 amide bonds. The molecule has 3 heteroatoms. The standard InChI is InChI=1S/C19H20N2O/c1-14-8-7-11-18(15(14)2)22-13-19-20-17(12-21(19)3)16-9-5-4-6-10-16/h4-12H,13H2,1-3H3. The van der Waals surface area contributed by atoms with Crippen molar-refractivity contribution < 1.29 is 4.74 Å². The monoisotopic (exact) mass is 292 g/mol. The Hall–Kier alpha value is -2.55. The van der Waals surface area contributed by atoms with Crippen LogP contribution in [0.3, 0.4) is 0 Å². The molecule has 1 heterocycles. The molecule has 112 valence electrons. The zero-order valence-electron chi connectivity index (χ0n) is 13.2. The van der Waals surface area contributed by atoms with Crippen LogP contribution in [0.15, 0.2) is 54.7 Å². The highest BCUT2D eigenvalue weighted by atomic mass is 16.5. The highest BCUT2D eigenvalue weighted by Crippen LogP contribution is 2.22. The SMILES string of the molecule is Cc1cccc(OCc2nc(-c3ccccc3)cn2C)c1C. The summed E-state index contributed by atoms with van der Waals surface area (Å²) in [5.74, 6) is 1.84. The first kappa shape index (κ1) is 14.4. The van der Waals surface area contributed by atoms with Gasteiger partial charge in [-0.2, -0.15) is 0 Å². The Morgan fingerprint density at radius 1 is 1.00 bits per heavy atom. The van der Waals surface area contributed by atoms with Gasteiger partial charge in [-0.3, -0.25) is 0 Å². The predicted octanol–water partition coefficient (Wildman–Crippen LogP) is 4.28. The van der Waals surface area contributed by atoms with Crippen molar-refractivity contribution in [1.29, 1.82) is 0 Å². The highest BCUT2D eigenvalue weighted by Gasteiger charge is 2.09. The molecule has 0 N–H and O–H groups in total. The molecule has 0 radical (unpaired) electrons. The van der Waals surface area contributed by atoms with Gasteiger partial charge in [0.25, 0.3) is 0 Å². The van der Waals surface area contributed by atoms with Gasteiger partial charge < -0.3 is 9.30 Å². The lowest BCUT2D eigenvalue weighted by molar-refractivity contribution is 0.289. The minimum Gasteiger partial charge on any atom is -0.485 e. The number of nitrogens with zero attached hydrogens (tertiary/aromatic N) is 2. The van der Waals surface area contributed by atoms with E-state index in [2.05, 4.69) is 37.0 Å². The van der Waals surface area contributed by atoms with Crippen LogP contribution in [-0.2, 0) is 13.7 Å². The molecule has 0 atom stereocenters. The molecule has 0 fully saturated rings. The molecule has 3 aromatic rings. The van der Waals surface area contributed by atoms with E-state index in [1.54, 1.807) is 0 Å². The zero-order valence-corrected chi connectivity index (χ0v) is 13.2. The van der Waals surface area contributed by atoms with Crippen LogP contribution in [0.2, 0.25) is 0 Å². The van der Waals surface area contributed by atoms with Crippen molar-refractivity contribution in [3.05, 3.63) is 71.7 Å². The first-order valence-electron chi connectivity index (χ1n) is 7.42. The summed E-state index contributed by atoms with van der Waals surface area (Å²) >= 11 is 0. The fraction of sp³-hybridized carbons (Fsp3) is 0.211. The van der Waals surface area contributed by atoms with E-state index in [-0.39, 0.29) is 0 Å². The van der Waals surface area contributed by atoms with E-state index in [1.165, 1.54) is 11.1 Å². The maximum absolute atomic E-state index is 5.95. The summed E-state index contributed by atoms with van der Waals surface area (Å²) < 4.78 is 7.97. The third-order valence-electron chi connectivity index (χ3n) is 3.95. The van der Waals surface area contributed by atoms with Crippen LogP contribution < -0.4 is 4.74 Å². The highest BCUT2D eigenvalue weighted by molar-refractivity contribution is 5.58. The number of hydrogen-bond donors (Lipinski definition) is 0. The van der Waals surface area contributed by atoms with E-state index in [9.17, 15) is 0 Å². The molecule has 1 aromatic heterocycles. The van der Waals surface area contributed by atoms with Gasteiger partial charge in [0.2, 0.25) is 0 Å². The van der Waals surface area contributed by atoms with E-state index < -0.39 is 0 Å². The predicted molar refractivity (Wildman–Crippen MR) is 88.9 cm³/mol. The smallest absolute Gasteiger partial charge is 0.147 e. The molecule has 0 aliphatic rings. The topological polar surface area (TPSA) is 27.1 Å². The minimum absolute atomic E-state index is 0.466. The molecule has 3 rings (SSSR count). The summed E-state index contributed by atoms with van der Waals surface area (Å²) in [6.07, 6.45) is 2.04.